The number of aromatic nitrogens is 12. The molecule has 0 radical (unpaired) electrons. The molecule has 2 amide bonds. The van der Waals surface area contributed by atoms with Crippen LogP contribution in [0.25, 0.3) is 22.3 Å². The van der Waals surface area contributed by atoms with Gasteiger partial charge in [0.05, 0.1) is 36.7 Å². The van der Waals surface area contributed by atoms with Crippen molar-refractivity contribution in [3.63, 3.8) is 0 Å². The van der Waals surface area contributed by atoms with E-state index < -0.39 is 27.8 Å². The van der Waals surface area contributed by atoms with Crippen LogP contribution < -0.4 is 10.6 Å². The average Bonchev–Trinajstić information content (AvgIpc) is 4.16. The highest BCUT2D eigenvalue weighted by molar-refractivity contribution is 7.99. The molecule has 0 unspecified atom stereocenters. The molecule has 0 aliphatic carbocycles. The van der Waals surface area contributed by atoms with Gasteiger partial charge in [0.2, 0.25) is 24.5 Å². The average molecular weight is 1060 g/mol. The van der Waals surface area contributed by atoms with Gasteiger partial charge >= 0.3 is 11.6 Å². The van der Waals surface area contributed by atoms with Gasteiger partial charge in [-0.05, 0) is 63.6 Å². The van der Waals surface area contributed by atoms with Crippen molar-refractivity contribution in [2.45, 2.75) is 99.0 Å². The van der Waals surface area contributed by atoms with E-state index in [-0.39, 0.29) is 65.8 Å². The molecule has 1 aliphatic rings. The summed E-state index contributed by atoms with van der Waals surface area (Å²) in [6, 6.07) is 0. The summed E-state index contributed by atoms with van der Waals surface area (Å²) in [5.74, 6) is -1.65. The van der Waals surface area contributed by atoms with Gasteiger partial charge in [0.15, 0.2) is 21.3 Å². The Morgan fingerprint density at radius 2 is 1.46 bits per heavy atom. The van der Waals surface area contributed by atoms with E-state index in [2.05, 4.69) is 55.5 Å². The summed E-state index contributed by atoms with van der Waals surface area (Å²) in [5, 5.41) is 39.1. The van der Waals surface area contributed by atoms with Gasteiger partial charge < -0.3 is 59.4 Å². The maximum atomic E-state index is 12.0. The molecule has 74 heavy (non-hydrogen) atoms. The number of aromatic amines is 1. The Balaban J connectivity index is 0.000000214. The molecule has 0 aromatic carbocycles. The van der Waals surface area contributed by atoms with Crippen molar-refractivity contribution < 1.29 is 38.9 Å². The fourth-order valence-corrected chi connectivity index (χ4v) is 9.46. The zero-order chi connectivity index (χ0) is 54.6. The van der Waals surface area contributed by atoms with Crippen molar-refractivity contribution in [3.8, 4) is 0 Å². The Hall–Kier alpha value is -7.30. The normalized spacial score (nSPS) is 15.6. The monoisotopic (exact) mass is 1060 g/mol. The van der Waals surface area contributed by atoms with Crippen LogP contribution in [0.1, 0.15) is 66.7 Å². The minimum absolute atomic E-state index is 0.0371. The number of nitrogens with one attached hydrogen (secondary N) is 3. The fraction of sp³-hybridized carbons (Fsp3) is 0.478. The Bertz CT molecular complexity index is 2930. The second-order valence-corrected chi connectivity index (χ2v) is 18.7. The number of methoxy groups -OCH3 is 1. The first-order valence-electron chi connectivity index (χ1n) is 23.2. The van der Waals surface area contributed by atoms with Crippen molar-refractivity contribution in [2.75, 3.05) is 20.7 Å². The Kier molecular flexibility index (Phi) is 23.1. The van der Waals surface area contributed by atoms with E-state index in [0.29, 0.717) is 61.8 Å². The molecule has 7 rings (SSSR count). The third-order valence-corrected chi connectivity index (χ3v) is 13.6. The Morgan fingerprint density at radius 1 is 0.878 bits per heavy atom. The van der Waals surface area contributed by atoms with Crippen molar-refractivity contribution in [3.05, 3.63) is 82.5 Å². The molecule has 4 N–H and O–H groups in total. The lowest BCUT2D eigenvalue weighted by Crippen LogP contribution is -2.41. The number of aryl methyl sites for hydroxylation is 3. The largest absolute Gasteiger partial charge is 0.396 e. The lowest BCUT2D eigenvalue weighted by atomic mass is 9.86. The zero-order valence-corrected chi connectivity index (χ0v) is 44.4. The quantitative estimate of drug-likeness (QED) is 0.0367. The molecule has 0 spiro atoms. The number of hydrogen-bond acceptors (Lipinski definition) is 20. The highest BCUT2D eigenvalue weighted by Crippen LogP contribution is 2.36. The molecule has 0 bridgehead atoms. The molecule has 6 atom stereocenters. The molecule has 0 saturated carbocycles. The van der Waals surface area contributed by atoms with Gasteiger partial charge in [-0.15, -0.1) is 0 Å². The first-order valence-corrected chi connectivity index (χ1v) is 24.9. The standard InChI is InChI=1S/C15H27NO3.C12H19NO3.C10H9N7O2S.C9H7N7O2S/c1-6-8-11(3)14(19-5)13(15(18)16-4)10-12(17)9-7-2;1-3-4-8(2)11(15)10-7-9(14)5-6-13-12(10)16;1-15-4-13-6-7(15)11-3-12-9(6)20-10-8(17(18)19)14-5-16(10)2;1-15-4-14-7(16(17)18)9(15)19-8-5-6(11-2-10-5)12-3-13-8/h6,8,11,13-14H,7,9-10H2,1-5H3,(H,16,18);3-4,8,10-11,15H,5-7H2,1-2H3,(H,13,16);3-5H,1-2H3;2-4H,1H3,(H,10,11,12,13)/b8-6+;4-3+;;/t11-,13+,14-;8-,10+,11-;;/m11../s1. The zero-order valence-electron chi connectivity index (χ0n) is 42.7. The van der Waals surface area contributed by atoms with Crippen LogP contribution in [-0.4, -0.2) is 130 Å². The summed E-state index contributed by atoms with van der Waals surface area (Å²) in [7, 11) is 8.38. The first kappa shape index (κ1) is 59.3. The number of rotatable bonds is 18. The van der Waals surface area contributed by atoms with Crippen LogP contribution in [0.4, 0.5) is 11.6 Å². The molecule has 28 heteroatoms. The van der Waals surface area contributed by atoms with Crippen molar-refractivity contribution in [1.82, 2.24) is 69.2 Å². The molecule has 1 aliphatic heterocycles. The fourth-order valence-electron chi connectivity index (χ4n) is 7.59. The number of ketones is 2. The predicted octanol–water partition coefficient (Wildman–Crippen LogP) is 5.29. The van der Waals surface area contributed by atoms with Gasteiger partial charge in [-0.25, -0.2) is 29.9 Å². The number of Topliss-reactive ketones (excluding diaryl/α,β-unsaturated/α-hetero) is 2. The molecule has 6 aromatic rings. The second-order valence-electron chi connectivity index (χ2n) is 16.7. The molecule has 1 fully saturated rings. The maximum absolute atomic E-state index is 12.0. The SMILES string of the molecule is C/C=C/[C@@H](C)[C@@H](O)[C@@H]1CC(=O)CCNC1=O.C/C=C/[C@@H](C)[C@@H](OC)[C@H](CC(=O)CCC)C(=O)NC.Cn1cnc([N+](=O)[O-])c1Sc1ncnc2c1ncn2C.Cn1cnc([N+](=O)[O-])c1Sc1ncnc2nc[nH]c12. The summed E-state index contributed by atoms with van der Waals surface area (Å²) >= 11 is 2.30. The van der Waals surface area contributed by atoms with E-state index in [9.17, 15) is 44.5 Å². The van der Waals surface area contributed by atoms with E-state index in [1.54, 1.807) is 48.3 Å². The number of fused-ring (bicyclic) bond motifs is 2. The number of aliphatic hydroxyl groups excluding tert-OH is 1. The number of allylic oxidation sites excluding steroid dienone is 2. The number of ether oxygens (including phenoxy) is 1. The number of aliphatic hydroxyl groups is 1. The topological polar surface area (TPSA) is 342 Å². The highest BCUT2D eigenvalue weighted by Gasteiger charge is 2.34. The Morgan fingerprint density at radius 3 is 2.04 bits per heavy atom. The Labute approximate surface area is 434 Å². The summed E-state index contributed by atoms with van der Waals surface area (Å²) in [5.41, 5.74) is 2.44. The van der Waals surface area contributed by atoms with Gasteiger partial charge in [0, 0.05) is 79.4 Å². The van der Waals surface area contributed by atoms with Crippen LogP contribution in [0.15, 0.2) is 82.4 Å². The van der Waals surface area contributed by atoms with E-state index in [0.717, 1.165) is 29.9 Å². The van der Waals surface area contributed by atoms with Crippen LogP contribution in [0.2, 0.25) is 0 Å². The summed E-state index contributed by atoms with van der Waals surface area (Å²) in [6.45, 7) is 9.98. The molecule has 26 nitrogen and oxygen atoms in total. The van der Waals surface area contributed by atoms with Crippen LogP contribution in [0.5, 0.6) is 0 Å². The third kappa shape index (κ3) is 15.8. The molecule has 1 saturated heterocycles. The number of nitrogens with zero attached hydrogens (tertiary/aromatic N) is 13. The first-order chi connectivity index (χ1) is 35.3. The number of hydrogen-bond donors (Lipinski definition) is 4. The van der Waals surface area contributed by atoms with E-state index in [4.69, 9.17) is 4.74 Å². The van der Waals surface area contributed by atoms with Crippen molar-refractivity contribution >= 4 is 80.9 Å². The van der Waals surface area contributed by atoms with Gasteiger partial charge in [-0.3, -0.25) is 19.2 Å². The van der Waals surface area contributed by atoms with Gasteiger partial charge in [-0.1, -0.05) is 45.1 Å². The smallest absolute Gasteiger partial charge is 0.392 e. The molecular formula is C46H62N16O10S2. The lowest BCUT2D eigenvalue weighted by molar-refractivity contribution is -0.392. The number of nitro groups is 2. The summed E-state index contributed by atoms with van der Waals surface area (Å²) < 4.78 is 10.4. The number of imidazole rings is 4. The lowest BCUT2D eigenvalue weighted by Gasteiger charge is -2.27. The second kappa shape index (κ2) is 28.8. The maximum Gasteiger partial charge on any atom is 0.396 e. The third-order valence-electron chi connectivity index (χ3n) is 11.3. The van der Waals surface area contributed by atoms with Crippen LogP contribution in [0, 0.1) is 43.9 Å². The summed E-state index contributed by atoms with van der Waals surface area (Å²) in [6.07, 6.45) is 17.3. The minimum atomic E-state index is -0.793. The highest BCUT2D eigenvalue weighted by atomic mass is 32.2. The number of carbonyl (C=O) groups is 4. The number of carbonyl (C=O) groups excluding carboxylic acids is 4. The number of H-pyrrole nitrogens is 1. The molecule has 7 heterocycles. The van der Waals surface area contributed by atoms with Crippen molar-refractivity contribution in [2.24, 2.45) is 44.8 Å². The van der Waals surface area contributed by atoms with Gasteiger partial charge in [0.25, 0.3) is 0 Å². The van der Waals surface area contributed by atoms with E-state index in [1.807, 2.05) is 66.0 Å². The van der Waals surface area contributed by atoms with Crippen LogP contribution >= 0.6 is 23.5 Å². The van der Waals surface area contributed by atoms with E-state index >= 15 is 0 Å². The van der Waals surface area contributed by atoms with Gasteiger partial charge in [-0.2, -0.15) is 0 Å². The van der Waals surface area contributed by atoms with E-state index in [1.165, 1.54) is 31.6 Å². The summed E-state index contributed by atoms with van der Waals surface area (Å²) in [4.78, 5) is 103. The predicted molar refractivity (Wildman–Crippen MR) is 274 cm³/mol. The molecular weight excluding hydrogens is 1000 g/mol. The minimum Gasteiger partial charge on any atom is -0.392 e. The molecule has 398 valence electrons. The van der Waals surface area contributed by atoms with Gasteiger partial charge in [0.1, 0.15) is 45.3 Å². The van der Waals surface area contributed by atoms with Crippen LogP contribution in [-0.2, 0) is 45.1 Å². The number of amides is 2. The molecule has 6 aromatic heterocycles. The van der Waals surface area contributed by atoms with Crippen molar-refractivity contribution in [1.29, 1.82) is 0 Å². The van der Waals surface area contributed by atoms with Crippen LogP contribution in [0.3, 0.4) is 0 Å².